The van der Waals surface area contributed by atoms with Crippen LogP contribution >= 0.6 is 0 Å². The average molecular weight is 305 g/mol. The maximum atomic E-state index is 12.4. The summed E-state index contributed by atoms with van der Waals surface area (Å²) >= 11 is 0. The first-order chi connectivity index (χ1) is 10.7. The third-order valence-corrected chi connectivity index (χ3v) is 5.73. The summed E-state index contributed by atoms with van der Waals surface area (Å²) in [5.74, 6) is 0.964. The maximum absolute atomic E-state index is 12.4. The molecule has 2 amide bonds. The van der Waals surface area contributed by atoms with Gasteiger partial charge in [-0.1, -0.05) is 0 Å². The number of carbonyl (C=O) groups is 2. The monoisotopic (exact) mass is 305 g/mol. The highest BCUT2D eigenvalue weighted by atomic mass is 16.2. The SMILES string of the molecule is O=C(NC1CCN(C2CC2)C1)C1CCN(C(=O)C2CC2)CC1. The van der Waals surface area contributed by atoms with Gasteiger partial charge in [0.25, 0.3) is 0 Å². The molecule has 4 rings (SSSR count). The fourth-order valence-corrected chi connectivity index (χ4v) is 3.95. The van der Waals surface area contributed by atoms with Gasteiger partial charge in [0.1, 0.15) is 0 Å². The molecule has 1 unspecified atom stereocenters. The number of nitrogens with zero attached hydrogens (tertiary/aromatic N) is 2. The Labute approximate surface area is 132 Å². The van der Waals surface area contributed by atoms with Crippen molar-refractivity contribution in [1.29, 1.82) is 0 Å². The van der Waals surface area contributed by atoms with Gasteiger partial charge in [-0.25, -0.2) is 0 Å². The van der Waals surface area contributed by atoms with Crippen molar-refractivity contribution in [3.8, 4) is 0 Å². The number of amides is 2. The normalized spacial score (nSPS) is 30.5. The van der Waals surface area contributed by atoms with Gasteiger partial charge in [-0.15, -0.1) is 0 Å². The summed E-state index contributed by atoms with van der Waals surface area (Å²) < 4.78 is 0. The van der Waals surface area contributed by atoms with Crippen molar-refractivity contribution in [2.75, 3.05) is 26.2 Å². The molecule has 0 spiro atoms. The van der Waals surface area contributed by atoms with Crippen LogP contribution in [0.15, 0.2) is 0 Å². The Balaban J connectivity index is 1.21. The van der Waals surface area contributed by atoms with Gasteiger partial charge < -0.3 is 10.2 Å². The van der Waals surface area contributed by atoms with E-state index in [1.54, 1.807) is 0 Å². The molecule has 1 N–H and O–H groups in total. The third kappa shape index (κ3) is 3.14. The van der Waals surface area contributed by atoms with Crippen LogP contribution in [-0.4, -0.2) is 59.9 Å². The van der Waals surface area contributed by atoms with Crippen LogP contribution in [-0.2, 0) is 9.59 Å². The zero-order valence-corrected chi connectivity index (χ0v) is 13.3. The largest absolute Gasteiger partial charge is 0.352 e. The van der Waals surface area contributed by atoms with Crippen molar-refractivity contribution in [3.63, 3.8) is 0 Å². The average Bonchev–Trinajstić information content (AvgIpc) is 3.45. The van der Waals surface area contributed by atoms with E-state index in [1.807, 2.05) is 4.90 Å². The van der Waals surface area contributed by atoms with Crippen LogP contribution in [0.4, 0.5) is 0 Å². The van der Waals surface area contributed by atoms with E-state index in [2.05, 4.69) is 10.2 Å². The lowest BCUT2D eigenvalue weighted by atomic mass is 9.95. The van der Waals surface area contributed by atoms with Crippen molar-refractivity contribution < 1.29 is 9.59 Å². The van der Waals surface area contributed by atoms with Crippen LogP contribution in [0.1, 0.15) is 44.9 Å². The summed E-state index contributed by atoms with van der Waals surface area (Å²) in [7, 11) is 0. The number of likely N-dealkylation sites (tertiary alicyclic amines) is 2. The number of rotatable bonds is 4. The van der Waals surface area contributed by atoms with Gasteiger partial charge in [0, 0.05) is 50.1 Å². The van der Waals surface area contributed by atoms with Crippen LogP contribution < -0.4 is 5.32 Å². The highest BCUT2D eigenvalue weighted by Crippen LogP contribution is 2.33. The Kier molecular flexibility index (Phi) is 3.84. The van der Waals surface area contributed by atoms with Crippen molar-refractivity contribution in [2.45, 2.75) is 57.0 Å². The van der Waals surface area contributed by atoms with E-state index in [4.69, 9.17) is 0 Å². The minimum absolute atomic E-state index is 0.109. The fraction of sp³-hybridized carbons (Fsp3) is 0.882. The molecule has 2 aliphatic heterocycles. The quantitative estimate of drug-likeness (QED) is 0.843. The predicted octanol–water partition coefficient (Wildman–Crippen LogP) is 0.988. The summed E-state index contributed by atoms with van der Waals surface area (Å²) in [5, 5.41) is 3.26. The van der Waals surface area contributed by atoms with Gasteiger partial charge in [-0.05, 0) is 44.9 Å². The first-order valence-electron chi connectivity index (χ1n) is 9.04. The molecule has 5 heteroatoms. The van der Waals surface area contributed by atoms with Crippen molar-refractivity contribution in [3.05, 3.63) is 0 Å². The molecule has 0 radical (unpaired) electrons. The maximum Gasteiger partial charge on any atom is 0.225 e. The van der Waals surface area contributed by atoms with Crippen molar-refractivity contribution in [1.82, 2.24) is 15.1 Å². The topological polar surface area (TPSA) is 52.7 Å². The second-order valence-corrected chi connectivity index (χ2v) is 7.59. The zero-order chi connectivity index (χ0) is 15.1. The van der Waals surface area contributed by atoms with Crippen LogP contribution in [0.2, 0.25) is 0 Å². The molecule has 0 aromatic carbocycles. The molecular formula is C17H27N3O2. The van der Waals surface area contributed by atoms with E-state index in [0.717, 1.165) is 64.3 Å². The number of nitrogens with one attached hydrogen (secondary N) is 1. The zero-order valence-electron chi connectivity index (χ0n) is 13.3. The van der Waals surface area contributed by atoms with Crippen LogP contribution in [0.5, 0.6) is 0 Å². The van der Waals surface area contributed by atoms with Gasteiger partial charge in [-0.2, -0.15) is 0 Å². The molecule has 122 valence electrons. The van der Waals surface area contributed by atoms with Crippen molar-refractivity contribution in [2.24, 2.45) is 11.8 Å². The van der Waals surface area contributed by atoms with E-state index in [-0.39, 0.29) is 11.8 Å². The summed E-state index contributed by atoms with van der Waals surface area (Å²) in [5.41, 5.74) is 0. The lowest BCUT2D eigenvalue weighted by molar-refractivity contribution is -0.136. The number of carbonyl (C=O) groups excluding carboxylic acids is 2. The number of hydrogen-bond acceptors (Lipinski definition) is 3. The minimum atomic E-state index is 0.109. The van der Waals surface area contributed by atoms with E-state index in [1.165, 1.54) is 12.8 Å². The van der Waals surface area contributed by atoms with Crippen molar-refractivity contribution >= 4 is 11.8 Å². The Hall–Kier alpha value is -1.10. The molecule has 1 atom stereocenters. The van der Waals surface area contributed by atoms with Gasteiger partial charge in [0.15, 0.2) is 0 Å². The molecular weight excluding hydrogens is 278 g/mol. The Morgan fingerprint density at radius 1 is 0.818 bits per heavy atom. The van der Waals surface area contributed by atoms with E-state index in [0.29, 0.717) is 17.9 Å². The standard InChI is InChI=1S/C17H27N3O2/c21-16(18-14-7-10-20(11-14)15-3-4-15)12-5-8-19(9-6-12)17(22)13-1-2-13/h12-15H,1-11H2,(H,18,21). The predicted molar refractivity (Wildman–Crippen MR) is 83.2 cm³/mol. The first kappa shape index (κ1) is 14.5. The highest BCUT2D eigenvalue weighted by molar-refractivity contribution is 5.82. The van der Waals surface area contributed by atoms with Crippen LogP contribution in [0, 0.1) is 11.8 Å². The molecule has 2 heterocycles. The van der Waals surface area contributed by atoms with Gasteiger partial charge in [-0.3, -0.25) is 14.5 Å². The molecule has 2 saturated heterocycles. The van der Waals surface area contributed by atoms with E-state index in [9.17, 15) is 9.59 Å². The number of piperidine rings is 1. The Morgan fingerprint density at radius 2 is 1.55 bits per heavy atom. The second-order valence-electron chi connectivity index (χ2n) is 7.59. The smallest absolute Gasteiger partial charge is 0.225 e. The molecule has 5 nitrogen and oxygen atoms in total. The van der Waals surface area contributed by atoms with Gasteiger partial charge >= 0.3 is 0 Å². The molecule has 0 aromatic rings. The summed E-state index contributed by atoms with van der Waals surface area (Å²) in [6.07, 6.45) is 7.59. The van der Waals surface area contributed by atoms with Gasteiger partial charge in [0.05, 0.1) is 0 Å². The lowest BCUT2D eigenvalue weighted by Crippen LogP contribution is -2.46. The number of hydrogen-bond donors (Lipinski definition) is 1. The molecule has 4 aliphatic rings. The van der Waals surface area contributed by atoms with E-state index < -0.39 is 0 Å². The Bertz CT molecular complexity index is 451. The fourth-order valence-electron chi connectivity index (χ4n) is 3.95. The molecule has 0 bridgehead atoms. The van der Waals surface area contributed by atoms with Crippen LogP contribution in [0.25, 0.3) is 0 Å². The molecule has 4 fully saturated rings. The van der Waals surface area contributed by atoms with E-state index >= 15 is 0 Å². The summed E-state index contributed by atoms with van der Waals surface area (Å²) in [6.45, 7) is 3.72. The highest BCUT2D eigenvalue weighted by Gasteiger charge is 2.38. The Morgan fingerprint density at radius 3 is 2.18 bits per heavy atom. The summed E-state index contributed by atoms with van der Waals surface area (Å²) in [6, 6.07) is 1.15. The lowest BCUT2D eigenvalue weighted by Gasteiger charge is -2.32. The van der Waals surface area contributed by atoms with Crippen LogP contribution in [0.3, 0.4) is 0 Å². The second kappa shape index (κ2) is 5.84. The molecule has 0 aromatic heterocycles. The molecule has 22 heavy (non-hydrogen) atoms. The summed E-state index contributed by atoms with van der Waals surface area (Å²) in [4.78, 5) is 29.0. The molecule has 2 saturated carbocycles. The first-order valence-corrected chi connectivity index (χ1v) is 9.04. The van der Waals surface area contributed by atoms with Gasteiger partial charge in [0.2, 0.25) is 11.8 Å². The molecule has 2 aliphatic carbocycles. The minimum Gasteiger partial charge on any atom is -0.352 e. The third-order valence-electron chi connectivity index (χ3n) is 5.73.